The van der Waals surface area contributed by atoms with Crippen LogP contribution in [-0.2, 0) is 11.3 Å². The predicted octanol–water partition coefficient (Wildman–Crippen LogP) is 4.55. The van der Waals surface area contributed by atoms with Gasteiger partial charge in [0.1, 0.15) is 5.75 Å². The number of hydrogen-bond acceptors (Lipinski definition) is 2. The van der Waals surface area contributed by atoms with E-state index in [1.165, 1.54) is 0 Å². The molecule has 0 radical (unpaired) electrons. The molecular weight excluding hydrogens is 310 g/mol. The van der Waals surface area contributed by atoms with Crippen molar-refractivity contribution in [2.75, 3.05) is 0 Å². The van der Waals surface area contributed by atoms with Gasteiger partial charge in [-0.1, -0.05) is 61.8 Å². The van der Waals surface area contributed by atoms with Crippen LogP contribution < -0.4 is 10.1 Å². The quantitative estimate of drug-likeness (QED) is 0.843. The highest BCUT2D eigenvalue weighted by molar-refractivity contribution is 6.31. The summed E-state index contributed by atoms with van der Waals surface area (Å²) in [5, 5.41) is 3.51. The number of hydrogen-bond donors (Lipinski definition) is 1. The van der Waals surface area contributed by atoms with Gasteiger partial charge in [-0.05, 0) is 36.1 Å². The summed E-state index contributed by atoms with van der Waals surface area (Å²) in [4.78, 5) is 12.2. The van der Waals surface area contributed by atoms with Crippen LogP contribution in [0.25, 0.3) is 0 Å². The molecule has 23 heavy (non-hydrogen) atoms. The normalized spacial score (nSPS) is 12.0. The Morgan fingerprint density at radius 1 is 1.09 bits per heavy atom. The first kappa shape index (κ1) is 17.4. The van der Waals surface area contributed by atoms with Crippen LogP contribution >= 0.6 is 11.6 Å². The van der Waals surface area contributed by atoms with Crippen molar-refractivity contribution in [3.63, 3.8) is 0 Å². The van der Waals surface area contributed by atoms with E-state index in [1.807, 2.05) is 48.5 Å². The third kappa shape index (κ3) is 4.73. The SMILES string of the molecule is CC(Oc1ccccc1C(C)C)C(=O)NCc1ccccc1Cl. The maximum Gasteiger partial charge on any atom is 0.261 e. The van der Waals surface area contributed by atoms with Crippen LogP contribution in [0.1, 0.15) is 37.8 Å². The van der Waals surface area contributed by atoms with Gasteiger partial charge in [0, 0.05) is 11.6 Å². The third-order valence-electron chi connectivity index (χ3n) is 3.62. The molecule has 0 fully saturated rings. The molecule has 0 spiro atoms. The smallest absolute Gasteiger partial charge is 0.261 e. The first-order valence-corrected chi connectivity index (χ1v) is 8.13. The molecule has 0 bridgehead atoms. The minimum absolute atomic E-state index is 0.163. The standard InChI is InChI=1S/C19H22ClNO2/c1-13(2)16-9-5-7-11-18(16)23-14(3)19(22)21-12-15-8-4-6-10-17(15)20/h4-11,13-14H,12H2,1-3H3,(H,21,22). The number of ether oxygens (including phenoxy) is 1. The Labute approximate surface area is 142 Å². The number of para-hydroxylation sites is 1. The zero-order chi connectivity index (χ0) is 16.8. The maximum atomic E-state index is 12.2. The molecule has 1 amide bonds. The molecule has 0 saturated heterocycles. The fourth-order valence-electron chi connectivity index (χ4n) is 2.28. The Kier molecular flexibility index (Phi) is 6.05. The average molecular weight is 332 g/mol. The Balaban J connectivity index is 1.97. The van der Waals surface area contributed by atoms with E-state index in [4.69, 9.17) is 16.3 Å². The monoisotopic (exact) mass is 331 g/mol. The van der Waals surface area contributed by atoms with Gasteiger partial charge in [-0.3, -0.25) is 4.79 Å². The molecule has 1 atom stereocenters. The van der Waals surface area contributed by atoms with E-state index in [0.717, 1.165) is 16.9 Å². The molecule has 0 aliphatic rings. The van der Waals surface area contributed by atoms with Crippen molar-refractivity contribution < 1.29 is 9.53 Å². The molecule has 0 heterocycles. The maximum absolute atomic E-state index is 12.2. The molecule has 122 valence electrons. The number of halogens is 1. The van der Waals surface area contributed by atoms with Crippen molar-refractivity contribution in [3.05, 3.63) is 64.7 Å². The lowest BCUT2D eigenvalue weighted by molar-refractivity contribution is -0.127. The van der Waals surface area contributed by atoms with Gasteiger partial charge in [0.25, 0.3) is 5.91 Å². The molecule has 3 nitrogen and oxygen atoms in total. The number of nitrogens with one attached hydrogen (secondary N) is 1. The summed E-state index contributed by atoms with van der Waals surface area (Å²) in [5.41, 5.74) is 1.98. The molecule has 2 aromatic carbocycles. The third-order valence-corrected chi connectivity index (χ3v) is 3.99. The zero-order valence-electron chi connectivity index (χ0n) is 13.7. The van der Waals surface area contributed by atoms with E-state index in [1.54, 1.807) is 6.92 Å². The lowest BCUT2D eigenvalue weighted by atomic mass is 10.0. The Bertz CT molecular complexity index is 670. The van der Waals surface area contributed by atoms with Gasteiger partial charge in [0.15, 0.2) is 6.10 Å². The van der Waals surface area contributed by atoms with Crippen LogP contribution in [0.15, 0.2) is 48.5 Å². The van der Waals surface area contributed by atoms with E-state index in [9.17, 15) is 4.79 Å². The fraction of sp³-hybridized carbons (Fsp3) is 0.316. The zero-order valence-corrected chi connectivity index (χ0v) is 14.4. The minimum Gasteiger partial charge on any atom is -0.481 e. The molecular formula is C19H22ClNO2. The second-order valence-corrected chi connectivity index (χ2v) is 6.17. The van der Waals surface area contributed by atoms with E-state index >= 15 is 0 Å². The Morgan fingerprint density at radius 3 is 2.43 bits per heavy atom. The van der Waals surface area contributed by atoms with Gasteiger partial charge in [-0.2, -0.15) is 0 Å². The molecule has 0 saturated carbocycles. The van der Waals surface area contributed by atoms with Crippen LogP contribution in [0.2, 0.25) is 5.02 Å². The lowest BCUT2D eigenvalue weighted by Gasteiger charge is -2.18. The van der Waals surface area contributed by atoms with Gasteiger partial charge in [-0.15, -0.1) is 0 Å². The summed E-state index contributed by atoms with van der Waals surface area (Å²) in [7, 11) is 0. The van der Waals surface area contributed by atoms with E-state index in [0.29, 0.717) is 17.5 Å². The molecule has 4 heteroatoms. The predicted molar refractivity (Wildman–Crippen MR) is 93.9 cm³/mol. The van der Waals surface area contributed by atoms with Crippen LogP contribution in [0.5, 0.6) is 5.75 Å². The van der Waals surface area contributed by atoms with Crippen LogP contribution in [-0.4, -0.2) is 12.0 Å². The van der Waals surface area contributed by atoms with Gasteiger partial charge >= 0.3 is 0 Å². The first-order chi connectivity index (χ1) is 11.0. The highest BCUT2D eigenvalue weighted by Crippen LogP contribution is 2.26. The number of benzene rings is 2. The van der Waals surface area contributed by atoms with Crippen molar-refractivity contribution in [2.24, 2.45) is 0 Å². The number of carbonyl (C=O) groups is 1. The van der Waals surface area contributed by atoms with Gasteiger partial charge in [0.2, 0.25) is 0 Å². The summed E-state index contributed by atoms with van der Waals surface area (Å²) in [6.45, 7) is 6.34. The molecule has 2 rings (SSSR count). The van der Waals surface area contributed by atoms with E-state index in [2.05, 4.69) is 19.2 Å². The molecule has 1 N–H and O–H groups in total. The van der Waals surface area contributed by atoms with Crippen molar-refractivity contribution >= 4 is 17.5 Å². The van der Waals surface area contributed by atoms with Crippen LogP contribution in [0, 0.1) is 0 Å². The van der Waals surface area contributed by atoms with Crippen molar-refractivity contribution in [1.29, 1.82) is 0 Å². The average Bonchev–Trinajstić information content (AvgIpc) is 2.54. The first-order valence-electron chi connectivity index (χ1n) is 7.75. The topological polar surface area (TPSA) is 38.3 Å². The highest BCUT2D eigenvalue weighted by atomic mass is 35.5. The molecule has 0 aliphatic heterocycles. The van der Waals surface area contributed by atoms with E-state index < -0.39 is 6.10 Å². The second kappa shape index (κ2) is 8.02. The van der Waals surface area contributed by atoms with Crippen molar-refractivity contribution in [3.8, 4) is 5.75 Å². The summed E-state index contributed by atoms with van der Waals surface area (Å²) >= 11 is 6.09. The molecule has 0 aliphatic carbocycles. The lowest BCUT2D eigenvalue weighted by Crippen LogP contribution is -2.36. The Hall–Kier alpha value is -2.00. The van der Waals surface area contributed by atoms with Crippen LogP contribution in [0.4, 0.5) is 0 Å². The molecule has 1 unspecified atom stereocenters. The summed E-state index contributed by atoms with van der Waals surface area (Å²) in [6.07, 6.45) is -0.572. The summed E-state index contributed by atoms with van der Waals surface area (Å²) < 4.78 is 5.84. The molecule has 0 aromatic heterocycles. The second-order valence-electron chi connectivity index (χ2n) is 5.76. The number of carbonyl (C=O) groups excluding carboxylic acids is 1. The highest BCUT2D eigenvalue weighted by Gasteiger charge is 2.17. The number of amides is 1. The Morgan fingerprint density at radius 2 is 1.74 bits per heavy atom. The summed E-state index contributed by atoms with van der Waals surface area (Å²) in [5.74, 6) is 0.927. The summed E-state index contributed by atoms with van der Waals surface area (Å²) in [6, 6.07) is 15.3. The van der Waals surface area contributed by atoms with Gasteiger partial charge in [-0.25, -0.2) is 0 Å². The largest absolute Gasteiger partial charge is 0.481 e. The van der Waals surface area contributed by atoms with E-state index in [-0.39, 0.29) is 5.91 Å². The molecule has 2 aromatic rings. The fourth-order valence-corrected chi connectivity index (χ4v) is 2.48. The van der Waals surface area contributed by atoms with Crippen LogP contribution in [0.3, 0.4) is 0 Å². The van der Waals surface area contributed by atoms with Gasteiger partial charge < -0.3 is 10.1 Å². The van der Waals surface area contributed by atoms with Crippen molar-refractivity contribution in [1.82, 2.24) is 5.32 Å². The van der Waals surface area contributed by atoms with Crippen molar-refractivity contribution in [2.45, 2.75) is 39.3 Å². The van der Waals surface area contributed by atoms with Gasteiger partial charge in [0.05, 0.1) is 0 Å². The minimum atomic E-state index is -0.572. The number of rotatable bonds is 6.